The molecule has 8 heteroatoms. The van der Waals surface area contributed by atoms with Gasteiger partial charge in [-0.1, -0.05) is 11.8 Å². The Morgan fingerprint density at radius 1 is 1.14 bits per heavy atom. The Morgan fingerprint density at radius 2 is 1.79 bits per heavy atom. The van der Waals surface area contributed by atoms with Gasteiger partial charge in [0.1, 0.15) is 17.6 Å². The summed E-state index contributed by atoms with van der Waals surface area (Å²) in [5.74, 6) is 1.36. The molecule has 0 bridgehead atoms. The fourth-order valence-electron chi connectivity index (χ4n) is 2.74. The number of ether oxygens (including phenoxy) is 1. The molecule has 1 aromatic heterocycles. The van der Waals surface area contributed by atoms with Crippen LogP contribution >= 0.6 is 11.8 Å². The monoisotopic (exact) mass is 415 g/mol. The number of nitrogens with zero attached hydrogens (tertiary/aromatic N) is 3. The van der Waals surface area contributed by atoms with Crippen LogP contribution in [0.2, 0.25) is 0 Å². The highest BCUT2D eigenvalue weighted by molar-refractivity contribution is 7.99. The molecule has 2 aromatic carbocycles. The molecular formula is C21H24FN4O2S+. The van der Waals surface area contributed by atoms with Crippen LogP contribution < -0.4 is 9.64 Å². The Labute approximate surface area is 173 Å². The Balaban J connectivity index is 1.86. The molecule has 3 aromatic rings. The number of rotatable bonds is 8. The minimum Gasteiger partial charge on any atom is -0.497 e. The largest absolute Gasteiger partial charge is 0.497 e. The van der Waals surface area contributed by atoms with E-state index in [2.05, 4.69) is 17.1 Å². The number of nitrogens with one attached hydrogen (secondary N) is 1. The van der Waals surface area contributed by atoms with E-state index in [1.54, 1.807) is 43.5 Å². The average Bonchev–Trinajstić information content (AvgIpc) is 3.15. The van der Waals surface area contributed by atoms with E-state index in [4.69, 9.17) is 4.74 Å². The number of ketones is 1. The van der Waals surface area contributed by atoms with Gasteiger partial charge >= 0.3 is 0 Å². The van der Waals surface area contributed by atoms with Gasteiger partial charge in [-0.25, -0.2) is 4.39 Å². The molecule has 0 aliphatic carbocycles. The molecule has 0 unspecified atom stereocenters. The van der Waals surface area contributed by atoms with Crippen LogP contribution in [0, 0.1) is 5.82 Å². The molecule has 1 heterocycles. The minimum atomic E-state index is -0.307. The number of thioether (sulfide) groups is 1. The van der Waals surface area contributed by atoms with E-state index in [0.717, 1.165) is 11.5 Å². The van der Waals surface area contributed by atoms with Crippen LogP contribution in [-0.4, -0.2) is 47.5 Å². The maximum atomic E-state index is 13.4. The number of hydrogen-bond acceptors (Lipinski definition) is 5. The fraction of sp³-hybridized carbons (Fsp3) is 0.286. The first-order chi connectivity index (χ1) is 13.9. The molecule has 6 nitrogen and oxygen atoms in total. The van der Waals surface area contributed by atoms with Crippen molar-refractivity contribution in [3.8, 4) is 11.4 Å². The molecule has 0 fully saturated rings. The third-order valence-electron chi connectivity index (χ3n) is 4.74. The first kappa shape index (κ1) is 21.0. The van der Waals surface area contributed by atoms with Crippen molar-refractivity contribution in [3.05, 3.63) is 65.7 Å². The normalized spacial score (nSPS) is 12.2. The quantitative estimate of drug-likeness (QED) is 0.453. The predicted octanol–water partition coefficient (Wildman–Crippen LogP) is 2.60. The summed E-state index contributed by atoms with van der Waals surface area (Å²) in [6.45, 7) is 2.05. The zero-order valence-corrected chi connectivity index (χ0v) is 17.7. The van der Waals surface area contributed by atoms with E-state index in [-0.39, 0.29) is 23.4 Å². The lowest BCUT2D eigenvalue weighted by molar-refractivity contribution is -0.890. The van der Waals surface area contributed by atoms with Gasteiger partial charge in [-0.2, -0.15) is 0 Å². The Morgan fingerprint density at radius 3 is 2.38 bits per heavy atom. The first-order valence-electron chi connectivity index (χ1n) is 9.22. The lowest BCUT2D eigenvalue weighted by atomic mass is 10.1. The lowest BCUT2D eigenvalue weighted by Crippen LogP contribution is -3.05. The van der Waals surface area contributed by atoms with Gasteiger partial charge in [0.15, 0.2) is 16.8 Å². The molecular weight excluding hydrogens is 391 g/mol. The maximum absolute atomic E-state index is 13.4. The summed E-state index contributed by atoms with van der Waals surface area (Å²) in [4.78, 5) is 13.8. The van der Waals surface area contributed by atoms with Gasteiger partial charge < -0.3 is 9.64 Å². The van der Waals surface area contributed by atoms with Gasteiger partial charge in [0.25, 0.3) is 0 Å². The number of aromatic nitrogens is 3. The molecule has 0 aliphatic heterocycles. The lowest BCUT2D eigenvalue weighted by Gasteiger charge is -2.18. The van der Waals surface area contributed by atoms with E-state index < -0.39 is 0 Å². The number of hydrogen-bond donors (Lipinski definition) is 1. The van der Waals surface area contributed by atoms with E-state index in [1.807, 2.05) is 18.7 Å². The first-order valence-corrected chi connectivity index (χ1v) is 10.2. The van der Waals surface area contributed by atoms with Crippen LogP contribution in [0.1, 0.15) is 29.1 Å². The highest BCUT2D eigenvalue weighted by Crippen LogP contribution is 2.25. The molecule has 0 saturated carbocycles. The summed E-state index contributed by atoms with van der Waals surface area (Å²) >= 11 is 1.31. The van der Waals surface area contributed by atoms with Crippen molar-refractivity contribution < 1.29 is 18.8 Å². The number of Topliss-reactive ketones (excluding diaryl/α,β-unsaturated/α-hetero) is 1. The second kappa shape index (κ2) is 9.19. The summed E-state index contributed by atoms with van der Waals surface area (Å²) in [6, 6.07) is 13.3. The number of halogens is 1. The molecule has 0 spiro atoms. The van der Waals surface area contributed by atoms with Crippen molar-refractivity contribution in [2.75, 3.05) is 27.0 Å². The summed E-state index contributed by atoms with van der Waals surface area (Å²) in [5, 5.41) is 9.27. The SMILES string of the molecule is COc1ccc(C(=O)CSc2nnc([C@H](C)[NH+](C)C)n2-c2ccc(F)cc2)cc1. The third kappa shape index (κ3) is 4.83. The van der Waals surface area contributed by atoms with Gasteiger partial charge in [-0.05, 0) is 55.5 Å². The number of methoxy groups -OCH3 is 1. The standard InChI is InChI=1S/C21H23FN4O2S/c1-14(25(2)3)20-23-24-21(26(20)17-9-7-16(22)8-10-17)29-13-19(27)15-5-11-18(28-4)12-6-15/h5-12,14H,13H2,1-4H3/p+1/t14-/m0/s1. The van der Waals surface area contributed by atoms with E-state index in [9.17, 15) is 9.18 Å². The molecule has 0 radical (unpaired) electrons. The summed E-state index contributed by atoms with van der Waals surface area (Å²) in [7, 11) is 5.66. The van der Waals surface area contributed by atoms with Crippen molar-refractivity contribution >= 4 is 17.5 Å². The molecule has 29 heavy (non-hydrogen) atoms. The van der Waals surface area contributed by atoms with E-state index in [0.29, 0.717) is 16.5 Å². The van der Waals surface area contributed by atoms with Gasteiger partial charge in [0, 0.05) is 11.3 Å². The van der Waals surface area contributed by atoms with Crippen molar-refractivity contribution in [3.63, 3.8) is 0 Å². The van der Waals surface area contributed by atoms with Crippen molar-refractivity contribution in [2.45, 2.75) is 18.1 Å². The Hall–Kier alpha value is -2.71. The van der Waals surface area contributed by atoms with Crippen LogP contribution in [0.15, 0.2) is 53.7 Å². The summed E-state index contributed by atoms with van der Waals surface area (Å²) < 4.78 is 20.4. The fourth-order valence-corrected chi connectivity index (χ4v) is 3.59. The zero-order valence-electron chi connectivity index (χ0n) is 16.8. The number of carbonyl (C=O) groups excluding carboxylic acids is 1. The predicted molar refractivity (Wildman–Crippen MR) is 111 cm³/mol. The van der Waals surface area contributed by atoms with Crippen LogP contribution in [0.3, 0.4) is 0 Å². The second-order valence-electron chi connectivity index (χ2n) is 6.89. The summed E-state index contributed by atoms with van der Waals surface area (Å²) in [6.07, 6.45) is 0. The number of benzene rings is 2. The van der Waals surface area contributed by atoms with E-state index in [1.165, 1.54) is 28.8 Å². The molecule has 0 aliphatic rings. The van der Waals surface area contributed by atoms with Crippen LogP contribution in [0.4, 0.5) is 4.39 Å². The van der Waals surface area contributed by atoms with Crippen molar-refractivity contribution in [1.82, 2.24) is 14.8 Å². The highest BCUT2D eigenvalue weighted by atomic mass is 32.2. The molecule has 1 atom stereocenters. The van der Waals surface area contributed by atoms with Crippen LogP contribution in [-0.2, 0) is 0 Å². The second-order valence-corrected chi connectivity index (χ2v) is 7.83. The minimum absolute atomic E-state index is 0.0147. The van der Waals surface area contributed by atoms with Crippen LogP contribution in [0.25, 0.3) is 5.69 Å². The van der Waals surface area contributed by atoms with Gasteiger partial charge in [-0.3, -0.25) is 9.36 Å². The Kier molecular flexibility index (Phi) is 6.66. The zero-order chi connectivity index (χ0) is 21.0. The van der Waals surface area contributed by atoms with Crippen LogP contribution in [0.5, 0.6) is 5.75 Å². The molecule has 152 valence electrons. The summed E-state index contributed by atoms with van der Waals surface area (Å²) in [5.41, 5.74) is 1.37. The molecule has 3 rings (SSSR count). The number of quaternary nitrogens is 1. The highest BCUT2D eigenvalue weighted by Gasteiger charge is 2.24. The van der Waals surface area contributed by atoms with E-state index >= 15 is 0 Å². The van der Waals surface area contributed by atoms with Crippen molar-refractivity contribution in [1.29, 1.82) is 0 Å². The van der Waals surface area contributed by atoms with Gasteiger partial charge in [-0.15, -0.1) is 10.2 Å². The molecule has 0 saturated heterocycles. The van der Waals surface area contributed by atoms with Crippen molar-refractivity contribution in [2.24, 2.45) is 0 Å². The average molecular weight is 416 g/mol. The number of carbonyl (C=O) groups is 1. The molecule has 1 N–H and O–H groups in total. The molecule has 0 amide bonds. The maximum Gasteiger partial charge on any atom is 0.196 e. The smallest absolute Gasteiger partial charge is 0.196 e. The van der Waals surface area contributed by atoms with Gasteiger partial charge in [0.05, 0.1) is 27.0 Å². The Bertz CT molecular complexity index is 971. The van der Waals surface area contributed by atoms with Gasteiger partial charge in [0.2, 0.25) is 0 Å². The topological polar surface area (TPSA) is 61.4 Å². The third-order valence-corrected chi connectivity index (χ3v) is 5.67.